The molecule has 0 aliphatic heterocycles. The topological polar surface area (TPSA) is 111 Å². The highest BCUT2D eigenvalue weighted by atomic mass is 32.2. The smallest absolute Gasteiger partial charge is 0.229 e. The minimum absolute atomic E-state index is 0.0327. The summed E-state index contributed by atoms with van der Waals surface area (Å²) in [5.41, 5.74) is 5.09. The van der Waals surface area contributed by atoms with Crippen molar-refractivity contribution in [2.45, 2.75) is 30.7 Å². The molecular weight excluding hydrogens is 458 g/mol. The highest BCUT2D eigenvalue weighted by Gasteiger charge is 2.13. The van der Waals surface area contributed by atoms with E-state index in [-0.39, 0.29) is 12.6 Å². The van der Waals surface area contributed by atoms with Crippen LogP contribution >= 0.6 is 0 Å². The number of aromatic nitrogens is 2. The number of rotatable bonds is 10. The number of aliphatic hydroxyl groups is 1. The first kappa shape index (κ1) is 24.4. The van der Waals surface area contributed by atoms with Crippen LogP contribution < -0.4 is 10.6 Å². The van der Waals surface area contributed by atoms with Crippen LogP contribution in [0.2, 0.25) is 0 Å². The molecule has 0 radical (unpaired) electrons. The van der Waals surface area contributed by atoms with Crippen LogP contribution in [0.1, 0.15) is 18.1 Å². The molecule has 0 aliphatic rings. The van der Waals surface area contributed by atoms with E-state index in [2.05, 4.69) is 57.0 Å². The largest absolute Gasteiger partial charge is 0.440 e. The number of hydrogen-bond donors (Lipinski definition) is 4. The van der Waals surface area contributed by atoms with Gasteiger partial charge in [-0.1, -0.05) is 71.6 Å². The Bertz CT molecular complexity index is 1330. The van der Waals surface area contributed by atoms with Crippen molar-refractivity contribution in [3.05, 3.63) is 96.2 Å². The van der Waals surface area contributed by atoms with Crippen molar-refractivity contribution < 1.29 is 9.32 Å². The van der Waals surface area contributed by atoms with Gasteiger partial charge < -0.3 is 24.7 Å². The number of benzene rings is 3. The summed E-state index contributed by atoms with van der Waals surface area (Å²) < 4.78 is 18.6. The van der Waals surface area contributed by atoms with Crippen molar-refractivity contribution in [1.29, 1.82) is 4.78 Å². The zero-order chi connectivity index (χ0) is 24.6. The zero-order valence-electron chi connectivity index (χ0n) is 19.4. The monoisotopic (exact) mass is 486 g/mol. The fourth-order valence-electron chi connectivity index (χ4n) is 3.66. The first-order valence-electron chi connectivity index (χ1n) is 11.4. The van der Waals surface area contributed by atoms with Gasteiger partial charge in [0.2, 0.25) is 5.95 Å². The zero-order valence-corrected chi connectivity index (χ0v) is 20.3. The highest BCUT2D eigenvalue weighted by molar-refractivity contribution is 7.73. The van der Waals surface area contributed by atoms with Gasteiger partial charge in [-0.25, -0.2) is 4.98 Å². The molecule has 0 spiro atoms. The summed E-state index contributed by atoms with van der Waals surface area (Å²) in [5.74, 6) is 1.01. The molecule has 35 heavy (non-hydrogen) atoms. The van der Waals surface area contributed by atoms with Crippen LogP contribution in [-0.2, 0) is 27.6 Å². The van der Waals surface area contributed by atoms with Crippen molar-refractivity contribution >= 4 is 28.0 Å². The first-order chi connectivity index (χ1) is 17.0. The lowest BCUT2D eigenvalue weighted by molar-refractivity contribution is 0.281. The maximum Gasteiger partial charge on any atom is 0.229 e. The molecule has 3 aromatic carbocycles. The third kappa shape index (κ3) is 6.65. The van der Waals surface area contributed by atoms with Crippen LogP contribution in [0.25, 0.3) is 11.1 Å². The molecule has 0 saturated carbocycles. The van der Waals surface area contributed by atoms with Crippen LogP contribution in [0.5, 0.6) is 0 Å². The molecule has 1 heterocycles. The van der Waals surface area contributed by atoms with Crippen LogP contribution in [-0.4, -0.2) is 27.7 Å². The van der Waals surface area contributed by atoms with Crippen molar-refractivity contribution in [2.75, 3.05) is 17.2 Å². The second-order valence-corrected chi connectivity index (χ2v) is 9.30. The van der Waals surface area contributed by atoms with E-state index in [9.17, 15) is 9.32 Å². The number of nitrogens with zero attached hydrogens (tertiary/aromatic N) is 2. The molecule has 0 aliphatic carbocycles. The van der Waals surface area contributed by atoms with E-state index in [4.69, 9.17) is 4.78 Å². The highest BCUT2D eigenvalue weighted by Crippen LogP contribution is 2.29. The van der Waals surface area contributed by atoms with E-state index in [0.717, 1.165) is 29.7 Å². The molecule has 4 rings (SSSR count). The lowest BCUT2D eigenvalue weighted by Crippen LogP contribution is -2.21. The number of nitrogens with one attached hydrogen (secondary N) is 3. The average molecular weight is 487 g/mol. The average Bonchev–Trinajstić information content (AvgIpc) is 2.88. The van der Waals surface area contributed by atoms with E-state index in [1.54, 1.807) is 30.5 Å². The van der Waals surface area contributed by atoms with Crippen LogP contribution in [0.15, 0.2) is 90.0 Å². The van der Waals surface area contributed by atoms with Crippen molar-refractivity contribution in [2.24, 2.45) is 0 Å². The minimum Gasteiger partial charge on any atom is -0.440 e. The third-order valence-corrected chi connectivity index (χ3v) is 6.25. The minimum atomic E-state index is -1.78. The van der Waals surface area contributed by atoms with Crippen LogP contribution in [0.3, 0.4) is 0 Å². The number of aryl methyl sites for hydroxylation is 2. The van der Waals surface area contributed by atoms with Gasteiger partial charge in [0.25, 0.3) is 0 Å². The normalized spacial score (nSPS) is 11.9. The predicted molar refractivity (Wildman–Crippen MR) is 140 cm³/mol. The summed E-state index contributed by atoms with van der Waals surface area (Å²) in [5, 5.41) is 16.0. The van der Waals surface area contributed by atoms with Crippen molar-refractivity contribution in [3.8, 4) is 11.1 Å². The van der Waals surface area contributed by atoms with Crippen LogP contribution in [0.4, 0.5) is 17.5 Å². The van der Waals surface area contributed by atoms with Gasteiger partial charge in [-0.15, -0.1) is 0 Å². The fraction of sp³-hybridized carbons (Fsp3) is 0.185. The van der Waals surface area contributed by atoms with Gasteiger partial charge in [-0.05, 0) is 48.6 Å². The molecule has 4 N–H and O–H groups in total. The molecule has 0 unspecified atom stereocenters. The third-order valence-electron chi connectivity index (χ3n) is 5.55. The van der Waals surface area contributed by atoms with E-state index in [0.29, 0.717) is 16.7 Å². The molecule has 8 heteroatoms. The molecule has 0 amide bonds. The SMILES string of the molecule is C[C@H](CO)Nc1nc(Nc2ccc([S-](=N)=O)cc2)ncc1-c1cccc(CCc2ccccc2)c1. The Hall–Kier alpha value is -3.75. The molecule has 1 aromatic heterocycles. The van der Waals surface area contributed by atoms with Gasteiger partial charge in [0.15, 0.2) is 0 Å². The summed E-state index contributed by atoms with van der Waals surface area (Å²) >= 11 is 0. The molecular formula is C27H28N5O2S-. The second-order valence-electron chi connectivity index (χ2n) is 8.29. The van der Waals surface area contributed by atoms with Gasteiger partial charge >= 0.3 is 0 Å². The standard InChI is InChI=1S/C27H28N5O2S/c1-19(18-33)30-26-25(17-29-27(32-26)31-23-12-14-24(15-13-23)35(28)34)22-9-5-8-21(16-22)11-10-20-6-3-2-4-7-20/h2-9,12-17,19,28,33H,10-11,18H2,1H3,(H2,29,30,31,32)/q-1/t19-/m1/s1. The van der Waals surface area contributed by atoms with E-state index in [1.165, 1.54) is 11.1 Å². The van der Waals surface area contributed by atoms with Gasteiger partial charge in [-0.2, -0.15) is 15.6 Å². The quantitative estimate of drug-likeness (QED) is 0.219. The number of anilines is 3. The maximum atomic E-state index is 11.3. The molecule has 0 bridgehead atoms. The van der Waals surface area contributed by atoms with Gasteiger partial charge in [-0.3, -0.25) is 0 Å². The van der Waals surface area contributed by atoms with Crippen molar-refractivity contribution in [1.82, 2.24) is 9.97 Å². The summed E-state index contributed by atoms with van der Waals surface area (Å²) in [6, 6.07) is 25.3. The van der Waals surface area contributed by atoms with Gasteiger partial charge in [0, 0.05) is 23.5 Å². The molecule has 180 valence electrons. The number of aliphatic hydroxyl groups excluding tert-OH is 1. The molecule has 7 nitrogen and oxygen atoms in total. The van der Waals surface area contributed by atoms with Gasteiger partial charge in [0.1, 0.15) is 5.82 Å². The number of hydrogen-bond acceptors (Lipinski definition) is 8. The Morgan fingerprint density at radius 1 is 0.971 bits per heavy atom. The van der Waals surface area contributed by atoms with E-state index < -0.39 is 10.6 Å². The van der Waals surface area contributed by atoms with Crippen LogP contribution in [0, 0.1) is 4.78 Å². The molecule has 1 atom stereocenters. The molecule has 0 saturated heterocycles. The van der Waals surface area contributed by atoms with Crippen molar-refractivity contribution in [3.63, 3.8) is 0 Å². The Morgan fingerprint density at radius 3 is 2.40 bits per heavy atom. The fourth-order valence-corrected chi connectivity index (χ4v) is 4.04. The summed E-state index contributed by atoms with van der Waals surface area (Å²) in [6.07, 6.45) is 3.65. The summed E-state index contributed by atoms with van der Waals surface area (Å²) in [4.78, 5) is 9.60. The van der Waals surface area contributed by atoms with E-state index in [1.807, 2.05) is 25.1 Å². The lowest BCUT2D eigenvalue weighted by atomic mass is 10.00. The summed E-state index contributed by atoms with van der Waals surface area (Å²) in [7, 11) is -1.78. The Balaban J connectivity index is 1.58. The second kappa shape index (κ2) is 11.6. The van der Waals surface area contributed by atoms with E-state index >= 15 is 0 Å². The Kier molecular flexibility index (Phi) is 8.07. The van der Waals surface area contributed by atoms with Gasteiger partial charge in [0.05, 0.1) is 6.61 Å². The Labute approximate surface area is 207 Å². The summed E-state index contributed by atoms with van der Waals surface area (Å²) in [6.45, 7) is 1.85. The lowest BCUT2D eigenvalue weighted by Gasteiger charge is -2.17. The predicted octanol–water partition coefficient (Wildman–Crippen LogP) is 5.55. The molecule has 4 aromatic rings. The Morgan fingerprint density at radius 2 is 1.69 bits per heavy atom. The maximum absolute atomic E-state index is 11.3. The molecule has 0 fully saturated rings. The first-order valence-corrected chi connectivity index (χ1v) is 12.5.